The highest BCUT2D eigenvalue weighted by molar-refractivity contribution is 5.96. The van der Waals surface area contributed by atoms with Gasteiger partial charge in [0.15, 0.2) is 5.76 Å². The summed E-state index contributed by atoms with van der Waals surface area (Å²) in [5, 5.41) is 15.5. The van der Waals surface area contributed by atoms with Crippen LogP contribution in [0.1, 0.15) is 48.5 Å². The second-order valence-electron chi connectivity index (χ2n) is 4.22. The minimum absolute atomic E-state index is 0.105. The van der Waals surface area contributed by atoms with Crippen LogP contribution < -0.4 is 5.32 Å². The zero-order valence-electron chi connectivity index (χ0n) is 10.1. The maximum absolute atomic E-state index is 11.8. The van der Waals surface area contributed by atoms with Crippen LogP contribution >= 0.6 is 0 Å². The molecule has 1 aromatic rings. The standard InChI is InChI=1S/C11H18N2O3/c1-6(2)10-9(8(4)13-16-10)11(15)12-5-7(3)14/h6-7,14H,5H2,1-4H3,(H,12,15). The van der Waals surface area contributed by atoms with Crippen LogP contribution in [0.5, 0.6) is 0 Å². The van der Waals surface area contributed by atoms with Crippen LogP contribution in [0, 0.1) is 6.92 Å². The number of nitrogens with one attached hydrogen (secondary N) is 1. The molecule has 5 nitrogen and oxygen atoms in total. The number of carbonyl (C=O) groups is 1. The van der Waals surface area contributed by atoms with Crippen molar-refractivity contribution in [2.75, 3.05) is 6.54 Å². The van der Waals surface area contributed by atoms with E-state index in [9.17, 15) is 4.79 Å². The summed E-state index contributed by atoms with van der Waals surface area (Å²) in [5.41, 5.74) is 1.06. The van der Waals surface area contributed by atoms with Crippen molar-refractivity contribution in [3.8, 4) is 0 Å². The van der Waals surface area contributed by atoms with Crippen molar-refractivity contribution < 1.29 is 14.4 Å². The lowest BCUT2D eigenvalue weighted by molar-refractivity contribution is 0.0921. The molecule has 0 aliphatic rings. The number of rotatable bonds is 4. The number of hydrogen-bond donors (Lipinski definition) is 2. The summed E-state index contributed by atoms with van der Waals surface area (Å²) in [6.45, 7) is 7.44. The van der Waals surface area contributed by atoms with Crippen LogP contribution in [0.3, 0.4) is 0 Å². The number of aliphatic hydroxyl groups excluding tert-OH is 1. The smallest absolute Gasteiger partial charge is 0.256 e. The fourth-order valence-electron chi connectivity index (χ4n) is 1.39. The van der Waals surface area contributed by atoms with Crippen LogP contribution in [0.15, 0.2) is 4.52 Å². The molecule has 16 heavy (non-hydrogen) atoms. The maximum atomic E-state index is 11.8. The van der Waals surface area contributed by atoms with Crippen LogP contribution in [-0.2, 0) is 0 Å². The van der Waals surface area contributed by atoms with Gasteiger partial charge in [0.2, 0.25) is 0 Å². The molecule has 90 valence electrons. The Hall–Kier alpha value is -1.36. The van der Waals surface area contributed by atoms with Crippen LogP contribution in [0.4, 0.5) is 0 Å². The second-order valence-corrected chi connectivity index (χ2v) is 4.22. The highest BCUT2D eigenvalue weighted by atomic mass is 16.5. The van der Waals surface area contributed by atoms with E-state index in [1.165, 1.54) is 0 Å². The Kier molecular flexibility index (Phi) is 4.06. The monoisotopic (exact) mass is 226 g/mol. The van der Waals surface area contributed by atoms with Crippen molar-refractivity contribution in [3.63, 3.8) is 0 Å². The number of aromatic nitrogens is 1. The van der Waals surface area contributed by atoms with E-state index in [1.54, 1.807) is 13.8 Å². The van der Waals surface area contributed by atoms with E-state index in [0.29, 0.717) is 17.0 Å². The summed E-state index contributed by atoms with van der Waals surface area (Å²) >= 11 is 0. The molecule has 1 unspecified atom stereocenters. The van der Waals surface area contributed by atoms with Crippen molar-refractivity contribution >= 4 is 5.91 Å². The third-order valence-electron chi connectivity index (χ3n) is 2.20. The highest BCUT2D eigenvalue weighted by Crippen LogP contribution is 2.21. The third kappa shape index (κ3) is 2.82. The van der Waals surface area contributed by atoms with Gasteiger partial charge in [-0.2, -0.15) is 0 Å². The number of carbonyl (C=O) groups excluding carboxylic acids is 1. The lowest BCUT2D eigenvalue weighted by Gasteiger charge is -2.08. The van der Waals surface area contributed by atoms with Gasteiger partial charge in [0.05, 0.1) is 11.8 Å². The zero-order chi connectivity index (χ0) is 12.3. The molecule has 0 saturated carbocycles. The Morgan fingerprint density at radius 2 is 2.12 bits per heavy atom. The first-order valence-corrected chi connectivity index (χ1v) is 5.36. The number of hydrogen-bond acceptors (Lipinski definition) is 4. The molecule has 1 aromatic heterocycles. The predicted octanol–water partition coefficient (Wildman–Crippen LogP) is 1.22. The molecule has 5 heteroatoms. The summed E-state index contributed by atoms with van der Waals surface area (Å²) in [5.74, 6) is 0.442. The average molecular weight is 226 g/mol. The Labute approximate surface area is 94.8 Å². The van der Waals surface area contributed by atoms with Crippen molar-refractivity contribution in [1.82, 2.24) is 10.5 Å². The Bertz CT molecular complexity index is 369. The predicted molar refractivity (Wildman–Crippen MR) is 59.3 cm³/mol. The van der Waals surface area contributed by atoms with E-state index >= 15 is 0 Å². The molecule has 1 rings (SSSR count). The fourth-order valence-corrected chi connectivity index (χ4v) is 1.39. The van der Waals surface area contributed by atoms with Gasteiger partial charge in [0.1, 0.15) is 5.56 Å². The quantitative estimate of drug-likeness (QED) is 0.809. The molecule has 0 fully saturated rings. The van der Waals surface area contributed by atoms with E-state index in [4.69, 9.17) is 9.63 Å². The van der Waals surface area contributed by atoms with E-state index in [2.05, 4.69) is 10.5 Å². The first kappa shape index (κ1) is 12.7. The van der Waals surface area contributed by atoms with Gasteiger partial charge in [-0.25, -0.2) is 0 Å². The van der Waals surface area contributed by atoms with E-state index in [-0.39, 0.29) is 18.4 Å². The molecule has 1 heterocycles. The number of aryl methyl sites for hydroxylation is 1. The van der Waals surface area contributed by atoms with E-state index in [0.717, 1.165) is 0 Å². The lowest BCUT2D eigenvalue weighted by Crippen LogP contribution is -2.31. The molecule has 0 radical (unpaired) electrons. The SMILES string of the molecule is Cc1noc(C(C)C)c1C(=O)NCC(C)O. The molecule has 0 aliphatic carbocycles. The van der Waals surface area contributed by atoms with E-state index < -0.39 is 6.10 Å². The number of amides is 1. The van der Waals surface area contributed by atoms with Crippen LogP contribution in [-0.4, -0.2) is 28.8 Å². The number of aliphatic hydroxyl groups is 1. The molecule has 1 atom stereocenters. The first-order chi connectivity index (χ1) is 7.43. The second kappa shape index (κ2) is 5.12. The van der Waals surface area contributed by atoms with Gasteiger partial charge in [-0.05, 0) is 13.8 Å². The zero-order valence-corrected chi connectivity index (χ0v) is 10.1. The summed E-state index contributed by atoms with van der Waals surface area (Å²) in [6, 6.07) is 0. The molecule has 0 spiro atoms. The Morgan fingerprint density at radius 3 is 2.62 bits per heavy atom. The molecule has 1 amide bonds. The minimum atomic E-state index is -0.563. The van der Waals surface area contributed by atoms with Crippen molar-refractivity contribution in [3.05, 3.63) is 17.0 Å². The molecule has 0 aliphatic heterocycles. The van der Waals surface area contributed by atoms with Gasteiger partial charge in [0.25, 0.3) is 5.91 Å². The van der Waals surface area contributed by atoms with Crippen LogP contribution in [0.2, 0.25) is 0 Å². The molecule has 0 bridgehead atoms. The normalized spacial score (nSPS) is 12.9. The van der Waals surface area contributed by atoms with E-state index in [1.807, 2.05) is 13.8 Å². The fraction of sp³-hybridized carbons (Fsp3) is 0.636. The first-order valence-electron chi connectivity index (χ1n) is 5.36. The molecular weight excluding hydrogens is 208 g/mol. The maximum Gasteiger partial charge on any atom is 0.256 e. The van der Waals surface area contributed by atoms with Crippen LogP contribution in [0.25, 0.3) is 0 Å². The molecular formula is C11H18N2O3. The van der Waals surface area contributed by atoms with Crippen molar-refractivity contribution in [1.29, 1.82) is 0 Å². The van der Waals surface area contributed by atoms with Crippen molar-refractivity contribution in [2.45, 2.75) is 39.7 Å². The third-order valence-corrected chi connectivity index (χ3v) is 2.20. The van der Waals surface area contributed by atoms with Gasteiger partial charge in [-0.3, -0.25) is 4.79 Å². The highest BCUT2D eigenvalue weighted by Gasteiger charge is 2.22. The summed E-state index contributed by atoms with van der Waals surface area (Å²) in [6.07, 6.45) is -0.563. The molecule has 0 aromatic carbocycles. The molecule has 0 saturated heterocycles. The van der Waals surface area contributed by atoms with Gasteiger partial charge >= 0.3 is 0 Å². The van der Waals surface area contributed by atoms with Gasteiger partial charge in [-0.15, -0.1) is 0 Å². The number of nitrogens with zero attached hydrogens (tertiary/aromatic N) is 1. The summed E-state index contributed by atoms with van der Waals surface area (Å²) in [4.78, 5) is 11.8. The van der Waals surface area contributed by atoms with Crippen molar-refractivity contribution in [2.24, 2.45) is 0 Å². The summed E-state index contributed by atoms with van der Waals surface area (Å²) < 4.78 is 5.11. The van der Waals surface area contributed by atoms with Gasteiger partial charge in [0, 0.05) is 12.5 Å². The largest absolute Gasteiger partial charge is 0.392 e. The lowest BCUT2D eigenvalue weighted by atomic mass is 10.0. The molecule has 2 N–H and O–H groups in total. The average Bonchev–Trinajstić information content (AvgIpc) is 2.56. The van der Waals surface area contributed by atoms with Gasteiger partial charge < -0.3 is 14.9 Å². The van der Waals surface area contributed by atoms with Gasteiger partial charge in [-0.1, -0.05) is 19.0 Å². The minimum Gasteiger partial charge on any atom is -0.392 e. The Balaban J connectivity index is 2.85. The summed E-state index contributed by atoms with van der Waals surface area (Å²) in [7, 11) is 0. The topological polar surface area (TPSA) is 75.4 Å². The Morgan fingerprint density at radius 1 is 1.50 bits per heavy atom.